The van der Waals surface area contributed by atoms with Crippen LogP contribution in [0.15, 0.2) is 54.0 Å². The molecule has 0 saturated carbocycles. The van der Waals surface area contributed by atoms with Crippen LogP contribution in [0.1, 0.15) is 26.6 Å². The van der Waals surface area contributed by atoms with Crippen molar-refractivity contribution >= 4 is 28.2 Å². The van der Waals surface area contributed by atoms with E-state index in [0.717, 1.165) is 40.6 Å². The minimum Gasteiger partial charge on any atom is -0.497 e. The number of fused-ring (bicyclic) bond motifs is 1. The van der Waals surface area contributed by atoms with E-state index in [4.69, 9.17) is 9.47 Å². The van der Waals surface area contributed by atoms with Crippen LogP contribution in [0, 0.1) is 0 Å². The Balaban J connectivity index is 1.56. The van der Waals surface area contributed by atoms with Gasteiger partial charge < -0.3 is 19.6 Å². The van der Waals surface area contributed by atoms with E-state index in [1.807, 2.05) is 30.3 Å². The zero-order valence-corrected chi connectivity index (χ0v) is 18.8. The number of para-hydroxylation sites is 1. The van der Waals surface area contributed by atoms with E-state index in [9.17, 15) is 9.90 Å². The first-order valence-electron chi connectivity index (χ1n) is 10.2. The molecule has 2 aromatic carbocycles. The summed E-state index contributed by atoms with van der Waals surface area (Å²) >= 11 is 1.37. The number of hydrogen-bond donors (Lipinski definition) is 2. The molecule has 4 rings (SSSR count). The lowest BCUT2D eigenvalue weighted by molar-refractivity contribution is 0.0691. The van der Waals surface area contributed by atoms with Crippen molar-refractivity contribution in [1.29, 1.82) is 0 Å². The summed E-state index contributed by atoms with van der Waals surface area (Å²) in [5, 5.41) is 12.8. The molecular formula is C24H25N3O4S. The van der Waals surface area contributed by atoms with Crippen molar-refractivity contribution in [2.45, 2.75) is 19.5 Å². The highest BCUT2D eigenvalue weighted by molar-refractivity contribution is 7.09. The molecular weight excluding hydrogens is 426 g/mol. The van der Waals surface area contributed by atoms with Crippen LogP contribution in [0.5, 0.6) is 11.5 Å². The molecule has 0 aliphatic rings. The van der Waals surface area contributed by atoms with E-state index in [0.29, 0.717) is 13.1 Å². The van der Waals surface area contributed by atoms with Gasteiger partial charge >= 0.3 is 5.97 Å². The third-order valence-electron chi connectivity index (χ3n) is 5.39. The maximum absolute atomic E-state index is 11.2. The summed E-state index contributed by atoms with van der Waals surface area (Å²) in [6.07, 6.45) is 2.91. The molecule has 0 fully saturated rings. The van der Waals surface area contributed by atoms with Gasteiger partial charge in [0.15, 0.2) is 5.69 Å². The van der Waals surface area contributed by atoms with Gasteiger partial charge in [-0.3, -0.25) is 4.90 Å². The Kier molecular flexibility index (Phi) is 6.72. The molecule has 2 heterocycles. The van der Waals surface area contributed by atoms with Gasteiger partial charge in [-0.1, -0.05) is 24.3 Å². The number of carbonyl (C=O) groups is 1. The molecule has 0 aliphatic carbocycles. The summed E-state index contributed by atoms with van der Waals surface area (Å²) in [7, 11) is 3.28. The number of aromatic amines is 1. The summed E-state index contributed by atoms with van der Waals surface area (Å²) < 4.78 is 10.9. The van der Waals surface area contributed by atoms with Crippen molar-refractivity contribution in [3.05, 3.63) is 75.9 Å². The van der Waals surface area contributed by atoms with Crippen LogP contribution >= 0.6 is 11.3 Å². The van der Waals surface area contributed by atoms with Crippen molar-refractivity contribution in [1.82, 2.24) is 14.9 Å². The summed E-state index contributed by atoms with van der Waals surface area (Å²) in [5.41, 5.74) is 3.49. The van der Waals surface area contributed by atoms with E-state index >= 15 is 0 Å². The lowest BCUT2D eigenvalue weighted by atomic mass is 10.1. The lowest BCUT2D eigenvalue weighted by Crippen LogP contribution is -2.25. The van der Waals surface area contributed by atoms with Crippen LogP contribution in [0.4, 0.5) is 0 Å². The topological polar surface area (TPSA) is 87.7 Å². The van der Waals surface area contributed by atoms with Crippen LogP contribution in [0.2, 0.25) is 0 Å². The zero-order valence-electron chi connectivity index (χ0n) is 18.0. The molecule has 0 saturated heterocycles. The van der Waals surface area contributed by atoms with E-state index in [-0.39, 0.29) is 5.69 Å². The summed E-state index contributed by atoms with van der Waals surface area (Å²) in [4.78, 5) is 21.1. The number of carboxylic acid groups (broad SMARTS) is 1. The maximum atomic E-state index is 11.2. The number of hydrogen-bond acceptors (Lipinski definition) is 6. The van der Waals surface area contributed by atoms with Crippen LogP contribution in [-0.4, -0.2) is 46.7 Å². The normalized spacial score (nSPS) is 11.2. The van der Waals surface area contributed by atoms with E-state index in [2.05, 4.69) is 33.2 Å². The first-order valence-corrected chi connectivity index (χ1v) is 11.1. The molecule has 166 valence electrons. The molecule has 0 atom stereocenters. The number of aromatic carboxylic acids is 1. The van der Waals surface area contributed by atoms with Crippen molar-refractivity contribution in [2.75, 3.05) is 20.8 Å². The first kappa shape index (κ1) is 21.9. The van der Waals surface area contributed by atoms with Crippen LogP contribution in [-0.2, 0) is 19.5 Å². The molecule has 0 radical (unpaired) electrons. The van der Waals surface area contributed by atoms with Crippen molar-refractivity contribution in [2.24, 2.45) is 0 Å². The summed E-state index contributed by atoms with van der Waals surface area (Å²) in [6.45, 7) is 1.96. The molecule has 8 heteroatoms. The first-order chi connectivity index (χ1) is 15.6. The average Bonchev–Trinajstić information content (AvgIpc) is 3.45. The standard InChI is InChI=1S/C24H25N3O4S/c1-30-18-8-7-17(22(11-18)31-2)13-27(14-23-26-21(15-32-23)24(28)29)10-9-16-12-25-20-6-4-3-5-19(16)20/h3-8,11-12,15,25H,9-10,13-14H2,1-2H3,(H,28,29). The van der Waals surface area contributed by atoms with Gasteiger partial charge in [0, 0.05) is 47.2 Å². The molecule has 7 nitrogen and oxygen atoms in total. The molecule has 4 aromatic rings. The Bertz CT molecular complexity index is 1220. The van der Waals surface area contributed by atoms with Crippen molar-refractivity contribution in [3.8, 4) is 11.5 Å². The number of ether oxygens (including phenoxy) is 2. The Hall–Kier alpha value is -3.36. The number of rotatable bonds is 10. The number of benzene rings is 2. The third kappa shape index (κ3) is 4.92. The van der Waals surface area contributed by atoms with Crippen molar-refractivity contribution in [3.63, 3.8) is 0 Å². The van der Waals surface area contributed by atoms with Gasteiger partial charge in [-0.05, 0) is 24.1 Å². The van der Waals surface area contributed by atoms with Gasteiger partial charge in [0.2, 0.25) is 0 Å². The number of carboxylic acids is 1. The summed E-state index contributed by atoms with van der Waals surface area (Å²) in [6, 6.07) is 14.1. The number of nitrogens with zero attached hydrogens (tertiary/aromatic N) is 2. The zero-order chi connectivity index (χ0) is 22.5. The van der Waals surface area contributed by atoms with Gasteiger partial charge in [0.1, 0.15) is 16.5 Å². The monoisotopic (exact) mass is 451 g/mol. The van der Waals surface area contributed by atoms with Gasteiger partial charge in [-0.25, -0.2) is 9.78 Å². The highest BCUT2D eigenvalue weighted by Crippen LogP contribution is 2.27. The predicted molar refractivity (Wildman–Crippen MR) is 125 cm³/mol. The molecule has 2 N–H and O–H groups in total. The van der Waals surface area contributed by atoms with Crippen LogP contribution < -0.4 is 9.47 Å². The van der Waals surface area contributed by atoms with Crippen LogP contribution in [0.3, 0.4) is 0 Å². The smallest absolute Gasteiger partial charge is 0.355 e. The summed E-state index contributed by atoms with van der Waals surface area (Å²) in [5.74, 6) is 0.489. The van der Waals surface area contributed by atoms with Gasteiger partial charge in [-0.15, -0.1) is 11.3 Å². The number of nitrogens with one attached hydrogen (secondary N) is 1. The fourth-order valence-electron chi connectivity index (χ4n) is 3.73. The molecule has 0 aliphatic heterocycles. The van der Waals surface area contributed by atoms with E-state index in [1.165, 1.54) is 22.3 Å². The second-order valence-electron chi connectivity index (χ2n) is 7.43. The molecule has 0 bridgehead atoms. The van der Waals surface area contributed by atoms with Gasteiger partial charge in [-0.2, -0.15) is 0 Å². The van der Waals surface area contributed by atoms with Crippen molar-refractivity contribution < 1.29 is 19.4 Å². The van der Waals surface area contributed by atoms with Gasteiger partial charge in [0.25, 0.3) is 0 Å². The minimum atomic E-state index is -1.00. The Morgan fingerprint density at radius 2 is 1.97 bits per heavy atom. The average molecular weight is 452 g/mol. The number of aromatic nitrogens is 2. The number of H-pyrrole nitrogens is 1. The predicted octanol–water partition coefficient (Wildman–Crippen LogP) is 4.58. The molecule has 0 amide bonds. The molecule has 0 spiro atoms. The minimum absolute atomic E-state index is 0.0867. The van der Waals surface area contributed by atoms with Gasteiger partial charge in [0.05, 0.1) is 20.8 Å². The second kappa shape index (κ2) is 9.84. The quantitative estimate of drug-likeness (QED) is 0.367. The SMILES string of the molecule is COc1ccc(CN(CCc2c[nH]c3ccccc23)Cc2nc(C(=O)O)cs2)c(OC)c1. The maximum Gasteiger partial charge on any atom is 0.355 e. The highest BCUT2D eigenvalue weighted by atomic mass is 32.1. The Labute approximate surface area is 190 Å². The fraction of sp³-hybridized carbons (Fsp3) is 0.250. The lowest BCUT2D eigenvalue weighted by Gasteiger charge is -2.22. The molecule has 0 unspecified atom stereocenters. The largest absolute Gasteiger partial charge is 0.497 e. The molecule has 32 heavy (non-hydrogen) atoms. The molecule has 2 aromatic heterocycles. The Morgan fingerprint density at radius 1 is 1.12 bits per heavy atom. The Morgan fingerprint density at radius 3 is 2.72 bits per heavy atom. The second-order valence-corrected chi connectivity index (χ2v) is 8.37. The van der Waals surface area contributed by atoms with E-state index < -0.39 is 5.97 Å². The number of thiazole rings is 1. The highest BCUT2D eigenvalue weighted by Gasteiger charge is 2.16. The number of methoxy groups -OCH3 is 2. The third-order valence-corrected chi connectivity index (χ3v) is 6.22. The van der Waals surface area contributed by atoms with Crippen LogP contribution in [0.25, 0.3) is 10.9 Å². The fourth-order valence-corrected chi connectivity index (χ4v) is 4.54. The van der Waals surface area contributed by atoms with E-state index in [1.54, 1.807) is 19.6 Å².